The lowest BCUT2D eigenvalue weighted by molar-refractivity contribution is 1.14. The van der Waals surface area contributed by atoms with Crippen LogP contribution in [0.2, 0.25) is 0 Å². The van der Waals surface area contributed by atoms with Gasteiger partial charge in [-0.25, -0.2) is 9.97 Å². The predicted octanol–water partition coefficient (Wildman–Crippen LogP) is 3.61. The zero-order chi connectivity index (χ0) is 14.4. The van der Waals surface area contributed by atoms with E-state index in [-0.39, 0.29) is 0 Å². The normalized spacial score (nSPS) is 12.0. The summed E-state index contributed by atoms with van der Waals surface area (Å²) in [6, 6.07) is 16.7. The van der Waals surface area contributed by atoms with Crippen LogP contribution in [0.25, 0.3) is 22.5 Å². The van der Waals surface area contributed by atoms with Crippen molar-refractivity contribution in [1.82, 2.24) is 9.97 Å². The standard InChI is InChI=1S/C18H15N3/c1-11-6-8-12(9-7-11)16-15-10-13-4-2-3-5-14(13)17(15)21-18(19)20-16/h2-9H,10H2,1H3,(H2,19,20,21). The Morgan fingerprint density at radius 1 is 0.905 bits per heavy atom. The number of nitrogens with zero attached hydrogens (tertiary/aromatic N) is 2. The number of fused-ring (bicyclic) bond motifs is 3. The van der Waals surface area contributed by atoms with E-state index in [4.69, 9.17) is 5.73 Å². The maximum atomic E-state index is 5.93. The van der Waals surface area contributed by atoms with Gasteiger partial charge in [-0.15, -0.1) is 0 Å². The van der Waals surface area contributed by atoms with Crippen LogP contribution in [-0.2, 0) is 6.42 Å². The molecule has 0 amide bonds. The van der Waals surface area contributed by atoms with Crippen LogP contribution in [0.1, 0.15) is 16.7 Å². The fourth-order valence-electron chi connectivity index (χ4n) is 2.94. The van der Waals surface area contributed by atoms with E-state index in [1.54, 1.807) is 0 Å². The van der Waals surface area contributed by atoms with E-state index < -0.39 is 0 Å². The van der Waals surface area contributed by atoms with E-state index in [1.165, 1.54) is 22.3 Å². The Labute approximate surface area is 123 Å². The van der Waals surface area contributed by atoms with Gasteiger partial charge in [0.25, 0.3) is 0 Å². The van der Waals surface area contributed by atoms with Crippen LogP contribution in [0.4, 0.5) is 5.95 Å². The van der Waals surface area contributed by atoms with Crippen molar-refractivity contribution in [2.45, 2.75) is 13.3 Å². The maximum absolute atomic E-state index is 5.93. The van der Waals surface area contributed by atoms with Crippen LogP contribution in [0.5, 0.6) is 0 Å². The van der Waals surface area contributed by atoms with Gasteiger partial charge in [0.1, 0.15) is 0 Å². The molecule has 3 heteroatoms. The summed E-state index contributed by atoms with van der Waals surface area (Å²) in [5.41, 5.74) is 13.8. The van der Waals surface area contributed by atoms with Crippen molar-refractivity contribution >= 4 is 5.95 Å². The molecule has 1 aromatic heterocycles. The summed E-state index contributed by atoms with van der Waals surface area (Å²) in [5.74, 6) is 0.334. The maximum Gasteiger partial charge on any atom is 0.221 e. The second-order valence-corrected chi connectivity index (χ2v) is 5.46. The van der Waals surface area contributed by atoms with E-state index in [1.807, 2.05) is 6.07 Å². The third kappa shape index (κ3) is 1.89. The molecule has 0 unspecified atom stereocenters. The minimum Gasteiger partial charge on any atom is -0.368 e. The fourth-order valence-corrected chi connectivity index (χ4v) is 2.94. The number of hydrogen-bond donors (Lipinski definition) is 1. The number of nitrogens with two attached hydrogens (primary N) is 1. The van der Waals surface area contributed by atoms with Crippen molar-refractivity contribution in [3.8, 4) is 22.5 Å². The van der Waals surface area contributed by atoms with E-state index in [0.29, 0.717) is 5.95 Å². The van der Waals surface area contributed by atoms with Gasteiger partial charge in [0.2, 0.25) is 5.95 Å². The molecule has 4 rings (SSSR count). The summed E-state index contributed by atoms with van der Waals surface area (Å²) in [5, 5.41) is 0. The SMILES string of the molecule is Cc1ccc(-c2nc(N)nc3c2Cc2ccccc2-3)cc1. The van der Waals surface area contributed by atoms with Gasteiger partial charge < -0.3 is 5.73 Å². The molecule has 0 radical (unpaired) electrons. The molecule has 1 aliphatic carbocycles. The zero-order valence-electron chi connectivity index (χ0n) is 11.8. The van der Waals surface area contributed by atoms with Crippen molar-refractivity contribution in [3.05, 3.63) is 65.2 Å². The number of rotatable bonds is 1. The Bertz CT molecular complexity index is 836. The first-order valence-electron chi connectivity index (χ1n) is 7.04. The Balaban J connectivity index is 1.95. The van der Waals surface area contributed by atoms with Crippen LogP contribution in [0.3, 0.4) is 0 Å². The monoisotopic (exact) mass is 273 g/mol. The molecule has 1 heterocycles. The zero-order valence-corrected chi connectivity index (χ0v) is 11.8. The molecule has 2 aromatic carbocycles. The fraction of sp³-hybridized carbons (Fsp3) is 0.111. The summed E-state index contributed by atoms with van der Waals surface area (Å²) < 4.78 is 0. The van der Waals surface area contributed by atoms with Gasteiger partial charge >= 0.3 is 0 Å². The van der Waals surface area contributed by atoms with Gasteiger partial charge in [0.05, 0.1) is 11.4 Å². The average Bonchev–Trinajstić information content (AvgIpc) is 2.86. The van der Waals surface area contributed by atoms with E-state index in [2.05, 4.69) is 59.4 Å². The second-order valence-electron chi connectivity index (χ2n) is 5.46. The summed E-state index contributed by atoms with van der Waals surface area (Å²) in [6.45, 7) is 2.08. The number of benzene rings is 2. The molecule has 0 fully saturated rings. The summed E-state index contributed by atoms with van der Waals surface area (Å²) >= 11 is 0. The van der Waals surface area contributed by atoms with Gasteiger partial charge in [0.15, 0.2) is 0 Å². The average molecular weight is 273 g/mol. The number of aryl methyl sites for hydroxylation is 1. The molecule has 0 spiro atoms. The Morgan fingerprint density at radius 2 is 1.62 bits per heavy atom. The topological polar surface area (TPSA) is 51.8 Å². The molecule has 3 nitrogen and oxygen atoms in total. The summed E-state index contributed by atoms with van der Waals surface area (Å²) in [6.07, 6.45) is 0.870. The molecule has 21 heavy (non-hydrogen) atoms. The Hall–Kier alpha value is -2.68. The number of anilines is 1. The minimum absolute atomic E-state index is 0.334. The Morgan fingerprint density at radius 3 is 2.43 bits per heavy atom. The molecule has 0 saturated heterocycles. The van der Waals surface area contributed by atoms with Crippen molar-refractivity contribution < 1.29 is 0 Å². The predicted molar refractivity (Wildman–Crippen MR) is 84.9 cm³/mol. The second kappa shape index (κ2) is 4.42. The molecular formula is C18H15N3. The quantitative estimate of drug-likeness (QED) is 0.576. The minimum atomic E-state index is 0.334. The smallest absolute Gasteiger partial charge is 0.221 e. The van der Waals surface area contributed by atoms with Gasteiger partial charge in [-0.05, 0) is 12.5 Å². The van der Waals surface area contributed by atoms with Crippen LogP contribution in [0.15, 0.2) is 48.5 Å². The van der Waals surface area contributed by atoms with Crippen molar-refractivity contribution in [3.63, 3.8) is 0 Å². The Kier molecular flexibility index (Phi) is 2.54. The first-order chi connectivity index (χ1) is 10.2. The molecule has 102 valence electrons. The van der Waals surface area contributed by atoms with E-state index in [0.717, 1.165) is 23.4 Å². The third-order valence-corrected chi connectivity index (χ3v) is 3.99. The van der Waals surface area contributed by atoms with Gasteiger partial charge in [-0.2, -0.15) is 0 Å². The molecule has 0 aliphatic heterocycles. The van der Waals surface area contributed by atoms with Gasteiger partial charge in [-0.1, -0.05) is 54.1 Å². The first-order valence-corrected chi connectivity index (χ1v) is 7.04. The van der Waals surface area contributed by atoms with Crippen LogP contribution < -0.4 is 5.73 Å². The molecule has 0 atom stereocenters. The molecule has 0 saturated carbocycles. The van der Waals surface area contributed by atoms with Crippen LogP contribution >= 0.6 is 0 Å². The van der Waals surface area contributed by atoms with Crippen molar-refractivity contribution in [2.24, 2.45) is 0 Å². The number of hydrogen-bond acceptors (Lipinski definition) is 3. The highest BCUT2D eigenvalue weighted by Crippen LogP contribution is 2.39. The lowest BCUT2D eigenvalue weighted by atomic mass is 10.0. The van der Waals surface area contributed by atoms with E-state index >= 15 is 0 Å². The van der Waals surface area contributed by atoms with Crippen LogP contribution in [-0.4, -0.2) is 9.97 Å². The molecule has 1 aliphatic rings. The highest BCUT2D eigenvalue weighted by molar-refractivity contribution is 5.81. The van der Waals surface area contributed by atoms with Crippen molar-refractivity contribution in [1.29, 1.82) is 0 Å². The van der Waals surface area contributed by atoms with E-state index in [9.17, 15) is 0 Å². The van der Waals surface area contributed by atoms with Gasteiger partial charge in [0, 0.05) is 23.1 Å². The van der Waals surface area contributed by atoms with Gasteiger partial charge in [-0.3, -0.25) is 0 Å². The lowest BCUT2D eigenvalue weighted by Crippen LogP contribution is -2.01. The largest absolute Gasteiger partial charge is 0.368 e. The highest BCUT2D eigenvalue weighted by Gasteiger charge is 2.24. The number of aromatic nitrogens is 2. The van der Waals surface area contributed by atoms with Crippen molar-refractivity contribution in [2.75, 3.05) is 5.73 Å². The summed E-state index contributed by atoms with van der Waals surface area (Å²) in [7, 11) is 0. The molecule has 0 bridgehead atoms. The molecule has 3 aromatic rings. The molecule has 2 N–H and O–H groups in total. The summed E-state index contributed by atoms with van der Waals surface area (Å²) in [4.78, 5) is 8.96. The number of nitrogen functional groups attached to an aromatic ring is 1. The molecular weight excluding hydrogens is 258 g/mol. The lowest BCUT2D eigenvalue weighted by Gasteiger charge is -2.09. The van der Waals surface area contributed by atoms with Crippen LogP contribution in [0, 0.1) is 6.92 Å². The first kappa shape index (κ1) is 12.1. The third-order valence-electron chi connectivity index (χ3n) is 3.99. The highest BCUT2D eigenvalue weighted by atomic mass is 15.0.